The van der Waals surface area contributed by atoms with Crippen molar-refractivity contribution in [1.82, 2.24) is 15.0 Å². The highest BCUT2D eigenvalue weighted by Crippen LogP contribution is 2.25. The van der Waals surface area contributed by atoms with Gasteiger partial charge in [-0.25, -0.2) is 9.97 Å². The first kappa shape index (κ1) is 7.94. The lowest BCUT2D eigenvalue weighted by atomic mass is 10.1. The molecule has 4 heteroatoms. The van der Waals surface area contributed by atoms with E-state index in [9.17, 15) is 0 Å². The monoisotopic (exact) mass is 194 g/mol. The lowest BCUT2D eigenvalue weighted by Crippen LogP contribution is -1.79. The number of nitriles is 1. The predicted molar refractivity (Wildman–Crippen MR) is 56.1 cm³/mol. The van der Waals surface area contributed by atoms with Crippen LogP contribution in [0.5, 0.6) is 0 Å². The molecule has 2 heterocycles. The SMILES string of the molecule is N#Cc1cccc2[nH]c3cncnc3c12. The maximum atomic E-state index is 9.01. The van der Waals surface area contributed by atoms with E-state index in [2.05, 4.69) is 21.0 Å². The van der Waals surface area contributed by atoms with Crippen molar-refractivity contribution in [3.8, 4) is 6.07 Å². The summed E-state index contributed by atoms with van der Waals surface area (Å²) in [6, 6.07) is 7.74. The number of fused-ring (bicyclic) bond motifs is 3. The van der Waals surface area contributed by atoms with E-state index in [0.717, 1.165) is 21.9 Å². The van der Waals surface area contributed by atoms with E-state index in [1.807, 2.05) is 12.1 Å². The number of hydrogen-bond donors (Lipinski definition) is 1. The molecule has 0 amide bonds. The van der Waals surface area contributed by atoms with Gasteiger partial charge < -0.3 is 4.98 Å². The van der Waals surface area contributed by atoms with E-state index in [1.165, 1.54) is 6.33 Å². The van der Waals surface area contributed by atoms with Crippen LogP contribution in [0, 0.1) is 11.3 Å². The van der Waals surface area contributed by atoms with E-state index in [-0.39, 0.29) is 0 Å². The van der Waals surface area contributed by atoms with Gasteiger partial charge in [0.05, 0.1) is 23.3 Å². The average Bonchev–Trinajstić information content (AvgIpc) is 2.67. The summed E-state index contributed by atoms with van der Waals surface area (Å²) in [4.78, 5) is 11.3. The molecule has 0 radical (unpaired) electrons. The van der Waals surface area contributed by atoms with Gasteiger partial charge in [-0.15, -0.1) is 0 Å². The fourth-order valence-corrected chi connectivity index (χ4v) is 1.77. The fraction of sp³-hybridized carbons (Fsp3) is 0. The van der Waals surface area contributed by atoms with Gasteiger partial charge in [0.2, 0.25) is 0 Å². The van der Waals surface area contributed by atoms with Crippen molar-refractivity contribution in [3.05, 3.63) is 36.3 Å². The number of aromatic amines is 1. The van der Waals surface area contributed by atoms with E-state index in [0.29, 0.717) is 5.56 Å². The highest BCUT2D eigenvalue weighted by Gasteiger charge is 2.08. The van der Waals surface area contributed by atoms with Crippen molar-refractivity contribution < 1.29 is 0 Å². The molecular formula is C11H6N4. The minimum atomic E-state index is 0.637. The third-order valence-corrected chi connectivity index (χ3v) is 2.40. The van der Waals surface area contributed by atoms with Crippen LogP contribution in [0.1, 0.15) is 5.56 Å². The van der Waals surface area contributed by atoms with Crippen LogP contribution in [0.3, 0.4) is 0 Å². The Hall–Kier alpha value is -2.41. The lowest BCUT2D eigenvalue weighted by Gasteiger charge is -1.91. The molecule has 15 heavy (non-hydrogen) atoms. The molecule has 3 aromatic rings. The molecule has 1 aromatic carbocycles. The maximum Gasteiger partial charge on any atom is 0.116 e. The molecule has 1 N–H and O–H groups in total. The summed E-state index contributed by atoms with van der Waals surface area (Å²) < 4.78 is 0. The summed E-state index contributed by atoms with van der Waals surface area (Å²) in [7, 11) is 0. The zero-order valence-electron chi connectivity index (χ0n) is 7.73. The third-order valence-electron chi connectivity index (χ3n) is 2.40. The standard InChI is InChI=1S/C11H6N4/c12-4-7-2-1-3-8-10(7)11-9(15-8)5-13-6-14-11/h1-3,5-6,15H. The molecule has 0 aliphatic carbocycles. The number of H-pyrrole nitrogens is 1. The summed E-state index contributed by atoms with van der Waals surface area (Å²) in [6.45, 7) is 0. The molecule has 0 unspecified atom stereocenters. The lowest BCUT2D eigenvalue weighted by molar-refractivity contribution is 1.22. The highest BCUT2D eigenvalue weighted by molar-refractivity contribution is 6.07. The predicted octanol–water partition coefficient (Wildman–Crippen LogP) is 1.98. The van der Waals surface area contributed by atoms with Crippen molar-refractivity contribution >= 4 is 21.9 Å². The summed E-state index contributed by atoms with van der Waals surface area (Å²) in [5, 5.41) is 9.88. The molecule has 0 spiro atoms. The van der Waals surface area contributed by atoms with Crippen LogP contribution in [0.25, 0.3) is 21.9 Å². The van der Waals surface area contributed by atoms with Crippen molar-refractivity contribution in [2.24, 2.45) is 0 Å². The van der Waals surface area contributed by atoms with E-state index in [4.69, 9.17) is 5.26 Å². The summed E-state index contributed by atoms with van der Waals surface area (Å²) >= 11 is 0. The number of nitrogens with one attached hydrogen (secondary N) is 1. The van der Waals surface area contributed by atoms with Gasteiger partial charge in [0.25, 0.3) is 0 Å². The Morgan fingerprint density at radius 3 is 3.07 bits per heavy atom. The Labute approximate surface area is 85.2 Å². The minimum Gasteiger partial charge on any atom is -0.352 e. The summed E-state index contributed by atoms with van der Waals surface area (Å²) in [5.74, 6) is 0. The van der Waals surface area contributed by atoms with Crippen molar-refractivity contribution in [3.63, 3.8) is 0 Å². The molecular weight excluding hydrogens is 188 g/mol. The van der Waals surface area contributed by atoms with E-state index >= 15 is 0 Å². The molecule has 0 atom stereocenters. The Morgan fingerprint density at radius 2 is 2.20 bits per heavy atom. The second-order valence-corrected chi connectivity index (χ2v) is 3.25. The summed E-state index contributed by atoms with van der Waals surface area (Å²) in [5.41, 5.74) is 3.22. The topological polar surface area (TPSA) is 65.4 Å². The first-order valence-corrected chi connectivity index (χ1v) is 4.50. The molecule has 4 nitrogen and oxygen atoms in total. The van der Waals surface area contributed by atoms with E-state index in [1.54, 1.807) is 12.3 Å². The number of nitrogens with zero attached hydrogens (tertiary/aromatic N) is 3. The average molecular weight is 194 g/mol. The molecule has 2 aromatic heterocycles. The van der Waals surface area contributed by atoms with Crippen molar-refractivity contribution in [1.29, 1.82) is 5.26 Å². The molecule has 0 fully saturated rings. The van der Waals surface area contributed by atoms with Gasteiger partial charge in [0.15, 0.2) is 0 Å². The minimum absolute atomic E-state index is 0.637. The number of hydrogen-bond acceptors (Lipinski definition) is 3. The van der Waals surface area contributed by atoms with Crippen LogP contribution in [-0.4, -0.2) is 15.0 Å². The molecule has 0 aliphatic rings. The largest absolute Gasteiger partial charge is 0.352 e. The van der Waals surface area contributed by atoms with Gasteiger partial charge in [-0.05, 0) is 12.1 Å². The van der Waals surface area contributed by atoms with Gasteiger partial charge >= 0.3 is 0 Å². The molecule has 0 aliphatic heterocycles. The van der Waals surface area contributed by atoms with E-state index < -0.39 is 0 Å². The van der Waals surface area contributed by atoms with Crippen molar-refractivity contribution in [2.45, 2.75) is 0 Å². The van der Waals surface area contributed by atoms with Gasteiger partial charge in [0, 0.05) is 10.9 Å². The van der Waals surface area contributed by atoms with Crippen molar-refractivity contribution in [2.75, 3.05) is 0 Å². The molecule has 0 bridgehead atoms. The third kappa shape index (κ3) is 1.00. The fourth-order valence-electron chi connectivity index (χ4n) is 1.77. The first-order chi connectivity index (χ1) is 7.40. The van der Waals surface area contributed by atoms with Crippen LogP contribution in [0.2, 0.25) is 0 Å². The summed E-state index contributed by atoms with van der Waals surface area (Å²) in [6.07, 6.45) is 3.20. The molecule has 0 saturated carbocycles. The number of aromatic nitrogens is 3. The van der Waals surface area contributed by atoms with Gasteiger partial charge in [-0.2, -0.15) is 5.26 Å². The van der Waals surface area contributed by atoms with Crippen LogP contribution < -0.4 is 0 Å². The Kier molecular flexibility index (Phi) is 1.48. The zero-order chi connectivity index (χ0) is 10.3. The maximum absolute atomic E-state index is 9.01. The normalized spacial score (nSPS) is 10.6. The van der Waals surface area contributed by atoms with Crippen LogP contribution >= 0.6 is 0 Å². The van der Waals surface area contributed by atoms with Gasteiger partial charge in [0.1, 0.15) is 11.8 Å². The van der Waals surface area contributed by atoms with Crippen LogP contribution in [0.4, 0.5) is 0 Å². The first-order valence-electron chi connectivity index (χ1n) is 4.50. The molecule has 0 saturated heterocycles. The quantitative estimate of drug-likeness (QED) is 0.595. The van der Waals surface area contributed by atoms with Gasteiger partial charge in [-0.1, -0.05) is 6.07 Å². The number of benzene rings is 1. The Morgan fingerprint density at radius 1 is 1.27 bits per heavy atom. The Bertz CT molecular complexity index is 690. The van der Waals surface area contributed by atoms with Crippen LogP contribution in [-0.2, 0) is 0 Å². The highest BCUT2D eigenvalue weighted by atomic mass is 14.9. The second kappa shape index (κ2) is 2.79. The smallest absolute Gasteiger partial charge is 0.116 e. The van der Waals surface area contributed by atoms with Crippen LogP contribution in [0.15, 0.2) is 30.7 Å². The van der Waals surface area contributed by atoms with Gasteiger partial charge in [-0.3, -0.25) is 0 Å². The number of rotatable bonds is 0. The molecule has 3 rings (SSSR count). The Balaban J connectivity index is 2.64. The molecule has 70 valence electrons. The zero-order valence-corrected chi connectivity index (χ0v) is 7.73. The second-order valence-electron chi connectivity index (χ2n) is 3.25.